The smallest absolute Gasteiger partial charge is 0.326 e. The molecule has 122 valence electrons. The van der Waals surface area contributed by atoms with Gasteiger partial charge < -0.3 is 20.3 Å². The van der Waals surface area contributed by atoms with E-state index in [1.165, 1.54) is 12.1 Å². The Morgan fingerprint density at radius 2 is 2.00 bits per heavy atom. The van der Waals surface area contributed by atoms with Crippen LogP contribution in [0, 0.1) is 5.92 Å². The van der Waals surface area contributed by atoms with Gasteiger partial charge >= 0.3 is 5.97 Å². The monoisotopic (exact) mass is 329 g/mol. The summed E-state index contributed by atoms with van der Waals surface area (Å²) in [6, 6.07) is 1.60. The van der Waals surface area contributed by atoms with E-state index in [0.717, 1.165) is 0 Å². The van der Waals surface area contributed by atoms with Crippen LogP contribution in [0.1, 0.15) is 37.6 Å². The molecule has 0 spiro atoms. The summed E-state index contributed by atoms with van der Waals surface area (Å²) in [7, 11) is 0. The predicted octanol–water partition coefficient (Wildman–Crippen LogP) is 2.67. The summed E-state index contributed by atoms with van der Waals surface area (Å²) in [5.74, 6) is -1.75. The lowest BCUT2D eigenvalue weighted by molar-refractivity contribution is -0.139. The number of ether oxygens (including phenoxy) is 1. The van der Waals surface area contributed by atoms with Crippen LogP contribution in [-0.4, -0.2) is 34.7 Å². The zero-order valence-electron chi connectivity index (χ0n) is 12.7. The summed E-state index contributed by atoms with van der Waals surface area (Å²) in [6.07, 6.45) is 0.311. The predicted molar refractivity (Wildman–Crippen MR) is 82.6 cm³/mol. The van der Waals surface area contributed by atoms with E-state index in [0.29, 0.717) is 13.0 Å². The van der Waals surface area contributed by atoms with Crippen LogP contribution in [0.15, 0.2) is 12.1 Å². The van der Waals surface area contributed by atoms with Gasteiger partial charge in [0, 0.05) is 5.56 Å². The molecule has 7 heteroatoms. The van der Waals surface area contributed by atoms with Gasteiger partial charge in [0.2, 0.25) is 0 Å². The maximum Gasteiger partial charge on any atom is 0.326 e. The molecule has 0 aliphatic rings. The molecule has 0 unspecified atom stereocenters. The minimum atomic E-state index is -1.10. The van der Waals surface area contributed by atoms with E-state index >= 15 is 0 Å². The number of benzene rings is 1. The molecule has 1 atom stereocenters. The molecule has 0 saturated heterocycles. The van der Waals surface area contributed by atoms with Crippen molar-refractivity contribution in [2.75, 3.05) is 6.61 Å². The van der Waals surface area contributed by atoms with Gasteiger partial charge in [-0.05, 0) is 31.4 Å². The molecule has 3 N–H and O–H groups in total. The number of phenolic OH excluding ortho intramolecular Hbond substituents is 1. The molecule has 0 fully saturated rings. The van der Waals surface area contributed by atoms with Gasteiger partial charge in [0.05, 0.1) is 11.6 Å². The van der Waals surface area contributed by atoms with Crippen molar-refractivity contribution >= 4 is 23.5 Å². The highest BCUT2D eigenvalue weighted by Crippen LogP contribution is 2.35. The normalized spacial score (nSPS) is 12.0. The molecule has 0 bridgehead atoms. The third kappa shape index (κ3) is 4.80. The van der Waals surface area contributed by atoms with Crippen LogP contribution in [0.2, 0.25) is 5.02 Å². The van der Waals surface area contributed by atoms with Crippen molar-refractivity contribution in [2.45, 2.75) is 33.2 Å². The Morgan fingerprint density at radius 1 is 1.36 bits per heavy atom. The Bertz CT molecular complexity index is 559. The first kappa shape index (κ1) is 18.1. The molecule has 0 saturated carbocycles. The number of phenols is 1. The molecule has 0 radical (unpaired) electrons. The van der Waals surface area contributed by atoms with Gasteiger partial charge in [-0.15, -0.1) is 0 Å². The SMILES string of the molecule is CCOc1cc(C(=O)N[C@H](CC(C)C)C(=O)O)cc(Cl)c1O. The van der Waals surface area contributed by atoms with E-state index in [4.69, 9.17) is 21.4 Å². The number of rotatable bonds is 7. The lowest BCUT2D eigenvalue weighted by Crippen LogP contribution is -2.41. The Kier molecular flexibility index (Phi) is 6.49. The summed E-state index contributed by atoms with van der Waals surface area (Å²) in [6.45, 7) is 5.75. The van der Waals surface area contributed by atoms with E-state index in [2.05, 4.69) is 5.32 Å². The second-order valence-electron chi connectivity index (χ2n) is 5.23. The minimum Gasteiger partial charge on any atom is -0.503 e. The largest absolute Gasteiger partial charge is 0.503 e. The summed E-state index contributed by atoms with van der Waals surface area (Å²) < 4.78 is 5.19. The number of amides is 1. The summed E-state index contributed by atoms with van der Waals surface area (Å²) in [5, 5.41) is 21.3. The molecule has 0 heterocycles. The lowest BCUT2D eigenvalue weighted by atomic mass is 10.0. The minimum absolute atomic E-state index is 0.0353. The van der Waals surface area contributed by atoms with Crippen molar-refractivity contribution in [1.82, 2.24) is 5.32 Å². The van der Waals surface area contributed by atoms with Crippen molar-refractivity contribution in [3.8, 4) is 11.5 Å². The molecule has 1 rings (SSSR count). The first-order chi connectivity index (χ1) is 10.3. The molecule has 0 aliphatic carbocycles. The highest BCUT2D eigenvalue weighted by molar-refractivity contribution is 6.32. The maximum absolute atomic E-state index is 12.2. The number of aliphatic carboxylic acids is 1. The number of carbonyl (C=O) groups is 2. The van der Waals surface area contributed by atoms with Gasteiger partial charge in [0.1, 0.15) is 6.04 Å². The van der Waals surface area contributed by atoms with Gasteiger partial charge in [0.25, 0.3) is 5.91 Å². The molecular weight excluding hydrogens is 310 g/mol. The number of hydrogen-bond donors (Lipinski definition) is 3. The second kappa shape index (κ2) is 7.89. The highest BCUT2D eigenvalue weighted by atomic mass is 35.5. The Labute approximate surface area is 134 Å². The Hall–Kier alpha value is -1.95. The quantitative estimate of drug-likeness (QED) is 0.714. The fourth-order valence-corrected chi connectivity index (χ4v) is 2.12. The third-order valence-electron chi connectivity index (χ3n) is 2.90. The number of carbonyl (C=O) groups excluding carboxylic acids is 1. The van der Waals surface area contributed by atoms with Crippen molar-refractivity contribution in [3.05, 3.63) is 22.7 Å². The molecule has 22 heavy (non-hydrogen) atoms. The molecule has 1 aromatic rings. The highest BCUT2D eigenvalue weighted by Gasteiger charge is 2.23. The molecule has 1 amide bonds. The number of aromatic hydroxyl groups is 1. The molecule has 1 aromatic carbocycles. The van der Waals surface area contributed by atoms with Crippen LogP contribution in [0.5, 0.6) is 11.5 Å². The summed E-state index contributed by atoms with van der Waals surface area (Å²) in [4.78, 5) is 23.4. The number of halogens is 1. The van der Waals surface area contributed by atoms with Crippen LogP contribution < -0.4 is 10.1 Å². The van der Waals surface area contributed by atoms with Crippen molar-refractivity contribution in [2.24, 2.45) is 5.92 Å². The molecule has 6 nitrogen and oxygen atoms in total. The van der Waals surface area contributed by atoms with Gasteiger partial charge in [-0.3, -0.25) is 4.79 Å². The zero-order chi connectivity index (χ0) is 16.9. The first-order valence-electron chi connectivity index (χ1n) is 6.95. The first-order valence-corrected chi connectivity index (χ1v) is 7.33. The fourth-order valence-electron chi connectivity index (χ4n) is 1.90. The van der Waals surface area contributed by atoms with Crippen molar-refractivity contribution in [3.63, 3.8) is 0 Å². The third-order valence-corrected chi connectivity index (χ3v) is 3.19. The molecule has 0 aliphatic heterocycles. The van der Waals surface area contributed by atoms with Crippen LogP contribution in [-0.2, 0) is 4.79 Å². The van der Waals surface area contributed by atoms with Crippen molar-refractivity contribution in [1.29, 1.82) is 0 Å². The van der Waals surface area contributed by atoms with E-state index in [-0.39, 0.29) is 28.0 Å². The van der Waals surface area contributed by atoms with E-state index in [9.17, 15) is 14.7 Å². The fraction of sp³-hybridized carbons (Fsp3) is 0.467. The number of carboxylic acid groups (broad SMARTS) is 1. The molecular formula is C15H20ClNO5. The van der Waals surface area contributed by atoms with Crippen LogP contribution in [0.4, 0.5) is 0 Å². The second-order valence-corrected chi connectivity index (χ2v) is 5.64. The standard InChI is InChI=1S/C15H20ClNO5/c1-4-22-12-7-9(6-10(16)13(12)18)14(19)17-11(15(20)21)5-8(2)3/h6-8,11,18H,4-5H2,1-3H3,(H,17,19)(H,20,21)/t11-/m1/s1. The van der Waals surface area contributed by atoms with E-state index < -0.39 is 17.9 Å². The van der Waals surface area contributed by atoms with Gasteiger partial charge in [0.15, 0.2) is 11.5 Å². The summed E-state index contributed by atoms with van der Waals surface area (Å²) >= 11 is 5.86. The number of nitrogens with one attached hydrogen (secondary N) is 1. The van der Waals surface area contributed by atoms with Crippen LogP contribution in [0.25, 0.3) is 0 Å². The maximum atomic E-state index is 12.2. The van der Waals surface area contributed by atoms with Crippen LogP contribution >= 0.6 is 11.6 Å². The van der Waals surface area contributed by atoms with E-state index in [1.807, 2.05) is 13.8 Å². The van der Waals surface area contributed by atoms with Gasteiger partial charge in [-0.1, -0.05) is 25.4 Å². The topological polar surface area (TPSA) is 95.9 Å². The average Bonchev–Trinajstić information content (AvgIpc) is 2.42. The Morgan fingerprint density at radius 3 is 2.50 bits per heavy atom. The Balaban J connectivity index is 2.99. The zero-order valence-corrected chi connectivity index (χ0v) is 13.5. The lowest BCUT2D eigenvalue weighted by Gasteiger charge is -2.17. The van der Waals surface area contributed by atoms with Gasteiger partial charge in [-0.25, -0.2) is 4.79 Å². The molecule has 0 aromatic heterocycles. The average molecular weight is 330 g/mol. The van der Waals surface area contributed by atoms with E-state index in [1.54, 1.807) is 6.92 Å². The van der Waals surface area contributed by atoms with Crippen molar-refractivity contribution < 1.29 is 24.5 Å². The number of hydrogen-bond acceptors (Lipinski definition) is 4. The van der Waals surface area contributed by atoms with Crippen LogP contribution in [0.3, 0.4) is 0 Å². The number of carboxylic acids is 1. The van der Waals surface area contributed by atoms with Gasteiger partial charge in [-0.2, -0.15) is 0 Å². The summed E-state index contributed by atoms with van der Waals surface area (Å²) in [5.41, 5.74) is 0.126.